The molecule has 0 aliphatic rings. The van der Waals surface area contributed by atoms with Crippen molar-refractivity contribution in [3.8, 4) is 0 Å². The second kappa shape index (κ2) is 3.94. The number of carbonyl (C=O) groups is 1. The van der Waals surface area contributed by atoms with Crippen LogP contribution in [-0.4, -0.2) is 10.9 Å². The number of hydrogen-bond donors (Lipinski definition) is 1. The minimum atomic E-state index is -4.72. The van der Waals surface area contributed by atoms with Gasteiger partial charge in [0.2, 0.25) is 0 Å². The molecule has 0 fully saturated rings. The minimum Gasteiger partial charge on any atom is -0.364 e. The molecular formula is C11H6F4N2O. The maximum Gasteiger partial charge on any atom is 0.417 e. The molecule has 1 aromatic heterocycles. The van der Waals surface area contributed by atoms with Crippen molar-refractivity contribution in [3.63, 3.8) is 0 Å². The zero-order valence-corrected chi connectivity index (χ0v) is 8.75. The van der Waals surface area contributed by atoms with Crippen molar-refractivity contribution in [1.82, 2.24) is 4.98 Å². The summed E-state index contributed by atoms with van der Waals surface area (Å²) in [5.74, 6) is -1.90. The van der Waals surface area contributed by atoms with Gasteiger partial charge in [-0.1, -0.05) is 0 Å². The number of carbonyl (C=O) groups excluding carboxylic acids is 1. The van der Waals surface area contributed by atoms with Gasteiger partial charge in [-0.25, -0.2) is 9.37 Å². The van der Waals surface area contributed by atoms with Gasteiger partial charge in [-0.3, -0.25) is 4.79 Å². The number of rotatable bonds is 1. The van der Waals surface area contributed by atoms with Crippen LogP contribution in [0.4, 0.5) is 17.6 Å². The summed E-state index contributed by atoms with van der Waals surface area (Å²) in [7, 11) is 0. The Balaban J connectivity index is 2.86. The predicted octanol–water partition coefficient (Wildman–Crippen LogP) is 2.49. The standard InChI is InChI=1S/C11H6F4N2O/c12-5-1-2-8-6(3-5)7(11(13,14)15)4-9(17-8)10(16)18/h1-4H,(H2,16,18). The maximum atomic E-state index is 13.0. The number of amides is 1. The summed E-state index contributed by atoms with van der Waals surface area (Å²) < 4.78 is 51.3. The first kappa shape index (κ1) is 12.3. The van der Waals surface area contributed by atoms with E-state index in [4.69, 9.17) is 5.73 Å². The van der Waals surface area contributed by atoms with Crippen molar-refractivity contribution in [2.45, 2.75) is 6.18 Å². The molecule has 94 valence electrons. The summed E-state index contributed by atoms with van der Waals surface area (Å²) in [6, 6.07) is 3.26. The van der Waals surface area contributed by atoms with Crippen LogP contribution in [0.25, 0.3) is 10.9 Å². The maximum absolute atomic E-state index is 13.0. The largest absolute Gasteiger partial charge is 0.417 e. The molecule has 2 N–H and O–H groups in total. The molecule has 2 rings (SSSR count). The number of hydrogen-bond acceptors (Lipinski definition) is 2. The normalized spacial score (nSPS) is 11.8. The smallest absolute Gasteiger partial charge is 0.364 e. The highest BCUT2D eigenvalue weighted by Gasteiger charge is 2.34. The SMILES string of the molecule is NC(=O)c1cc(C(F)(F)F)c2cc(F)ccc2n1. The van der Waals surface area contributed by atoms with Gasteiger partial charge in [0.05, 0.1) is 11.1 Å². The van der Waals surface area contributed by atoms with Crippen LogP contribution >= 0.6 is 0 Å². The number of pyridine rings is 1. The Labute approximate surface area is 98.2 Å². The van der Waals surface area contributed by atoms with E-state index in [1.54, 1.807) is 0 Å². The summed E-state index contributed by atoms with van der Waals surface area (Å²) in [4.78, 5) is 14.6. The quantitative estimate of drug-likeness (QED) is 0.799. The Morgan fingerprint density at radius 2 is 1.89 bits per heavy atom. The minimum absolute atomic E-state index is 0.139. The number of nitrogens with two attached hydrogens (primary N) is 1. The average molecular weight is 258 g/mol. The average Bonchev–Trinajstić information content (AvgIpc) is 2.26. The van der Waals surface area contributed by atoms with Crippen molar-refractivity contribution in [3.05, 3.63) is 41.3 Å². The van der Waals surface area contributed by atoms with Crippen LogP contribution < -0.4 is 5.73 Å². The Morgan fingerprint density at radius 1 is 1.22 bits per heavy atom. The van der Waals surface area contributed by atoms with Gasteiger partial charge < -0.3 is 5.73 Å². The first-order valence-corrected chi connectivity index (χ1v) is 4.76. The third-order valence-electron chi connectivity index (χ3n) is 2.33. The topological polar surface area (TPSA) is 56.0 Å². The number of benzene rings is 1. The van der Waals surface area contributed by atoms with Gasteiger partial charge in [-0.2, -0.15) is 13.2 Å². The van der Waals surface area contributed by atoms with E-state index in [9.17, 15) is 22.4 Å². The number of primary amides is 1. The molecule has 0 bridgehead atoms. The first-order chi connectivity index (χ1) is 8.29. The van der Waals surface area contributed by atoms with Crippen LogP contribution in [-0.2, 0) is 6.18 Å². The number of fused-ring (bicyclic) bond motifs is 1. The van der Waals surface area contributed by atoms with Crippen molar-refractivity contribution < 1.29 is 22.4 Å². The van der Waals surface area contributed by atoms with Gasteiger partial charge in [0.25, 0.3) is 5.91 Å². The number of halogens is 4. The number of alkyl halides is 3. The highest BCUT2D eigenvalue weighted by molar-refractivity contribution is 5.95. The zero-order chi connectivity index (χ0) is 13.5. The van der Waals surface area contributed by atoms with Crippen LogP contribution in [0.1, 0.15) is 16.1 Å². The highest BCUT2D eigenvalue weighted by atomic mass is 19.4. The molecule has 0 radical (unpaired) electrons. The molecule has 1 heterocycles. The fourth-order valence-corrected chi connectivity index (χ4v) is 1.56. The van der Waals surface area contributed by atoms with E-state index in [-0.39, 0.29) is 5.52 Å². The predicted molar refractivity (Wildman–Crippen MR) is 55.2 cm³/mol. The highest BCUT2D eigenvalue weighted by Crippen LogP contribution is 2.34. The van der Waals surface area contributed by atoms with Crippen molar-refractivity contribution in [2.24, 2.45) is 5.73 Å². The van der Waals surface area contributed by atoms with Crippen molar-refractivity contribution >= 4 is 16.8 Å². The lowest BCUT2D eigenvalue weighted by molar-refractivity contribution is -0.136. The van der Waals surface area contributed by atoms with Gasteiger partial charge >= 0.3 is 6.18 Å². The monoisotopic (exact) mass is 258 g/mol. The Morgan fingerprint density at radius 3 is 2.44 bits per heavy atom. The molecule has 0 saturated heterocycles. The summed E-state index contributed by atoms with van der Waals surface area (Å²) in [6.07, 6.45) is -4.72. The van der Waals surface area contributed by atoms with E-state index in [0.717, 1.165) is 18.2 Å². The van der Waals surface area contributed by atoms with E-state index >= 15 is 0 Å². The third kappa shape index (κ3) is 2.11. The van der Waals surface area contributed by atoms with Crippen LogP contribution in [0.5, 0.6) is 0 Å². The van der Waals surface area contributed by atoms with Crippen LogP contribution in [0, 0.1) is 5.82 Å². The molecular weight excluding hydrogens is 252 g/mol. The summed E-state index contributed by atoms with van der Waals surface area (Å²) in [6.45, 7) is 0. The lowest BCUT2D eigenvalue weighted by Crippen LogP contribution is -2.16. The van der Waals surface area contributed by atoms with Crippen LogP contribution in [0.15, 0.2) is 24.3 Å². The molecule has 0 unspecified atom stereocenters. The summed E-state index contributed by atoms with van der Waals surface area (Å²) >= 11 is 0. The lowest BCUT2D eigenvalue weighted by atomic mass is 10.1. The van der Waals surface area contributed by atoms with Gasteiger partial charge in [-0.15, -0.1) is 0 Å². The molecule has 7 heteroatoms. The lowest BCUT2D eigenvalue weighted by Gasteiger charge is -2.11. The second-order valence-electron chi connectivity index (χ2n) is 3.58. The Bertz CT molecular complexity index is 637. The second-order valence-corrected chi connectivity index (χ2v) is 3.58. The van der Waals surface area contributed by atoms with Gasteiger partial charge in [-0.05, 0) is 24.3 Å². The van der Waals surface area contributed by atoms with Crippen molar-refractivity contribution in [2.75, 3.05) is 0 Å². The number of nitrogens with zero attached hydrogens (tertiary/aromatic N) is 1. The van der Waals surface area contributed by atoms with Gasteiger partial charge in [0, 0.05) is 5.39 Å². The fraction of sp³-hybridized carbons (Fsp3) is 0.0909. The molecule has 0 aliphatic heterocycles. The summed E-state index contributed by atoms with van der Waals surface area (Å²) in [5, 5.41) is -0.410. The van der Waals surface area contributed by atoms with E-state index in [1.165, 1.54) is 0 Å². The van der Waals surface area contributed by atoms with E-state index in [1.807, 2.05) is 0 Å². The van der Waals surface area contributed by atoms with Crippen molar-refractivity contribution in [1.29, 1.82) is 0 Å². The molecule has 3 nitrogen and oxygen atoms in total. The van der Waals surface area contributed by atoms with Crippen LogP contribution in [0.2, 0.25) is 0 Å². The fourth-order valence-electron chi connectivity index (χ4n) is 1.56. The molecule has 0 aliphatic carbocycles. The molecule has 0 atom stereocenters. The Kier molecular flexibility index (Phi) is 2.68. The zero-order valence-electron chi connectivity index (χ0n) is 8.75. The van der Waals surface area contributed by atoms with Crippen LogP contribution in [0.3, 0.4) is 0 Å². The van der Waals surface area contributed by atoms with E-state index in [0.29, 0.717) is 6.07 Å². The Hall–Kier alpha value is -2.18. The molecule has 0 saturated carbocycles. The number of aromatic nitrogens is 1. The van der Waals surface area contributed by atoms with Gasteiger partial charge in [0.1, 0.15) is 11.5 Å². The molecule has 1 amide bonds. The van der Waals surface area contributed by atoms with E-state index in [2.05, 4.69) is 4.98 Å². The third-order valence-corrected chi connectivity index (χ3v) is 2.33. The molecule has 1 aromatic carbocycles. The molecule has 2 aromatic rings. The summed E-state index contributed by atoms with van der Waals surface area (Å²) in [5.41, 5.74) is 3.11. The molecule has 18 heavy (non-hydrogen) atoms. The molecule has 0 spiro atoms. The first-order valence-electron chi connectivity index (χ1n) is 4.76. The van der Waals surface area contributed by atoms with E-state index < -0.39 is 34.5 Å². The van der Waals surface area contributed by atoms with Gasteiger partial charge in [0.15, 0.2) is 0 Å².